The molecule has 1 aromatic heterocycles. The van der Waals surface area contributed by atoms with E-state index in [1.165, 1.54) is 6.26 Å². The molecule has 2 amide bonds. The SMILES string of the molecule is CN1CCN(CC(NC(=O)C2CCN(C(=O)c3ccco3)CC2)c2ccccc2)CC1. The summed E-state index contributed by atoms with van der Waals surface area (Å²) in [5.74, 6) is 0.285. The quantitative estimate of drug-likeness (QED) is 0.770. The van der Waals surface area contributed by atoms with E-state index >= 15 is 0 Å². The van der Waals surface area contributed by atoms with Crippen LogP contribution in [0.5, 0.6) is 0 Å². The van der Waals surface area contributed by atoms with Crippen molar-refractivity contribution in [2.75, 3.05) is 52.9 Å². The number of hydrogen-bond donors (Lipinski definition) is 1. The topological polar surface area (TPSA) is 69.0 Å². The maximum Gasteiger partial charge on any atom is 0.289 e. The highest BCUT2D eigenvalue weighted by Gasteiger charge is 2.30. The molecule has 0 spiro atoms. The first-order chi connectivity index (χ1) is 15.1. The Morgan fingerprint density at radius 2 is 1.71 bits per heavy atom. The van der Waals surface area contributed by atoms with Gasteiger partial charge in [-0.25, -0.2) is 0 Å². The molecule has 1 N–H and O–H groups in total. The average Bonchev–Trinajstić information content (AvgIpc) is 3.35. The number of hydrogen-bond acceptors (Lipinski definition) is 5. The first-order valence-electron chi connectivity index (χ1n) is 11.2. The van der Waals surface area contributed by atoms with Crippen molar-refractivity contribution >= 4 is 11.8 Å². The first kappa shape index (κ1) is 21.6. The van der Waals surface area contributed by atoms with Crippen LogP contribution in [0, 0.1) is 5.92 Å². The highest BCUT2D eigenvalue weighted by Crippen LogP contribution is 2.22. The highest BCUT2D eigenvalue weighted by atomic mass is 16.3. The maximum atomic E-state index is 13.1. The zero-order valence-electron chi connectivity index (χ0n) is 18.2. The van der Waals surface area contributed by atoms with Crippen LogP contribution in [0.4, 0.5) is 0 Å². The van der Waals surface area contributed by atoms with Crippen LogP contribution >= 0.6 is 0 Å². The monoisotopic (exact) mass is 424 g/mol. The zero-order chi connectivity index (χ0) is 21.6. The summed E-state index contributed by atoms with van der Waals surface area (Å²) < 4.78 is 5.23. The number of piperidine rings is 1. The molecule has 4 rings (SSSR count). The molecular formula is C24H32N4O3. The molecule has 3 heterocycles. The Labute approximate surface area is 184 Å². The Morgan fingerprint density at radius 1 is 1.00 bits per heavy atom. The number of likely N-dealkylation sites (N-methyl/N-ethyl adjacent to an activating group) is 1. The minimum atomic E-state index is -0.0962. The summed E-state index contributed by atoms with van der Waals surface area (Å²) in [5, 5.41) is 3.32. The third-order valence-electron chi connectivity index (χ3n) is 6.44. The van der Waals surface area contributed by atoms with E-state index < -0.39 is 0 Å². The van der Waals surface area contributed by atoms with Crippen LogP contribution < -0.4 is 5.32 Å². The van der Waals surface area contributed by atoms with Crippen molar-refractivity contribution in [2.24, 2.45) is 5.92 Å². The van der Waals surface area contributed by atoms with Gasteiger partial charge in [0.1, 0.15) is 0 Å². The largest absolute Gasteiger partial charge is 0.459 e. The predicted octanol–water partition coefficient (Wildman–Crippen LogP) is 2.24. The maximum absolute atomic E-state index is 13.1. The van der Waals surface area contributed by atoms with Crippen molar-refractivity contribution < 1.29 is 14.0 Å². The summed E-state index contributed by atoms with van der Waals surface area (Å²) >= 11 is 0. The van der Waals surface area contributed by atoms with Gasteiger partial charge in [-0.2, -0.15) is 0 Å². The lowest BCUT2D eigenvalue weighted by Gasteiger charge is -2.36. The number of benzene rings is 1. The lowest BCUT2D eigenvalue weighted by molar-refractivity contribution is -0.127. The molecule has 166 valence electrons. The Bertz CT molecular complexity index is 839. The van der Waals surface area contributed by atoms with Gasteiger partial charge in [0, 0.05) is 51.7 Å². The third-order valence-corrected chi connectivity index (χ3v) is 6.44. The molecule has 2 fully saturated rings. The number of carbonyl (C=O) groups is 2. The lowest BCUT2D eigenvalue weighted by atomic mass is 9.94. The Balaban J connectivity index is 1.34. The van der Waals surface area contributed by atoms with Gasteiger partial charge in [-0.1, -0.05) is 30.3 Å². The molecule has 2 aliphatic rings. The van der Waals surface area contributed by atoms with Gasteiger partial charge in [0.05, 0.1) is 12.3 Å². The van der Waals surface area contributed by atoms with Gasteiger partial charge >= 0.3 is 0 Å². The summed E-state index contributed by atoms with van der Waals surface area (Å²) in [4.78, 5) is 32.1. The van der Waals surface area contributed by atoms with Crippen molar-refractivity contribution in [1.29, 1.82) is 0 Å². The van der Waals surface area contributed by atoms with E-state index in [1.807, 2.05) is 18.2 Å². The number of amides is 2. The standard InChI is InChI=1S/C24H32N4O3/c1-26-13-15-27(16-14-26)18-21(19-6-3-2-4-7-19)25-23(29)20-9-11-28(12-10-20)24(30)22-8-5-17-31-22/h2-8,17,20-21H,9-16,18H2,1H3,(H,25,29). The van der Waals surface area contributed by atoms with E-state index in [1.54, 1.807) is 17.0 Å². The van der Waals surface area contributed by atoms with Gasteiger partial charge in [0.15, 0.2) is 5.76 Å². The molecule has 7 nitrogen and oxygen atoms in total. The van der Waals surface area contributed by atoms with Crippen molar-refractivity contribution in [3.63, 3.8) is 0 Å². The summed E-state index contributed by atoms with van der Waals surface area (Å²) in [5.41, 5.74) is 1.14. The number of carbonyl (C=O) groups excluding carboxylic acids is 2. The number of furan rings is 1. The second-order valence-corrected chi connectivity index (χ2v) is 8.62. The molecule has 31 heavy (non-hydrogen) atoms. The fourth-order valence-corrected chi connectivity index (χ4v) is 4.40. The summed E-state index contributed by atoms with van der Waals surface area (Å²) in [6.45, 7) is 6.11. The number of nitrogens with one attached hydrogen (secondary N) is 1. The summed E-state index contributed by atoms with van der Waals surface area (Å²) in [6, 6.07) is 13.6. The van der Waals surface area contributed by atoms with Crippen molar-refractivity contribution in [3.05, 3.63) is 60.1 Å². The molecule has 7 heteroatoms. The van der Waals surface area contributed by atoms with Crippen LogP contribution in [0.15, 0.2) is 53.1 Å². The van der Waals surface area contributed by atoms with E-state index in [4.69, 9.17) is 4.42 Å². The Morgan fingerprint density at radius 3 is 2.35 bits per heavy atom. The van der Waals surface area contributed by atoms with Crippen molar-refractivity contribution in [3.8, 4) is 0 Å². The van der Waals surface area contributed by atoms with Gasteiger partial charge in [-0.05, 0) is 37.6 Å². The Kier molecular flexibility index (Phi) is 7.04. The van der Waals surface area contributed by atoms with Crippen molar-refractivity contribution in [2.45, 2.75) is 18.9 Å². The minimum Gasteiger partial charge on any atom is -0.459 e. The van der Waals surface area contributed by atoms with E-state index in [9.17, 15) is 9.59 Å². The van der Waals surface area contributed by atoms with Crippen LogP contribution in [-0.4, -0.2) is 79.4 Å². The van der Waals surface area contributed by atoms with Gasteiger partial charge in [0.2, 0.25) is 5.91 Å². The fourth-order valence-electron chi connectivity index (χ4n) is 4.40. The van der Waals surface area contributed by atoms with E-state index in [0.29, 0.717) is 31.7 Å². The van der Waals surface area contributed by atoms with Gasteiger partial charge in [0.25, 0.3) is 5.91 Å². The minimum absolute atomic E-state index is 0.0279. The van der Waals surface area contributed by atoms with Gasteiger partial charge in [-0.3, -0.25) is 14.5 Å². The number of nitrogens with zero attached hydrogens (tertiary/aromatic N) is 3. The normalized spacial score (nSPS) is 19.8. The van der Waals surface area contributed by atoms with Crippen LogP contribution in [0.2, 0.25) is 0 Å². The molecule has 0 aliphatic carbocycles. The van der Waals surface area contributed by atoms with E-state index in [0.717, 1.165) is 38.3 Å². The van der Waals surface area contributed by atoms with E-state index in [-0.39, 0.29) is 23.8 Å². The predicted molar refractivity (Wildman–Crippen MR) is 119 cm³/mol. The van der Waals surface area contributed by atoms with Gasteiger partial charge < -0.3 is 19.5 Å². The second-order valence-electron chi connectivity index (χ2n) is 8.62. The molecule has 1 atom stereocenters. The summed E-state index contributed by atoms with van der Waals surface area (Å²) in [6.07, 6.45) is 2.86. The summed E-state index contributed by atoms with van der Waals surface area (Å²) in [7, 11) is 2.15. The van der Waals surface area contributed by atoms with Crippen molar-refractivity contribution in [1.82, 2.24) is 20.0 Å². The smallest absolute Gasteiger partial charge is 0.289 e. The zero-order valence-corrected chi connectivity index (χ0v) is 18.2. The van der Waals surface area contributed by atoms with Crippen LogP contribution in [0.1, 0.15) is 35.0 Å². The molecule has 0 bridgehead atoms. The van der Waals surface area contributed by atoms with Crippen LogP contribution in [0.25, 0.3) is 0 Å². The molecule has 2 aliphatic heterocycles. The second kappa shape index (κ2) is 10.1. The number of likely N-dealkylation sites (tertiary alicyclic amines) is 1. The lowest BCUT2D eigenvalue weighted by Crippen LogP contribution is -2.49. The van der Waals surface area contributed by atoms with E-state index in [2.05, 4.69) is 34.3 Å². The molecule has 1 aromatic carbocycles. The molecular weight excluding hydrogens is 392 g/mol. The van der Waals surface area contributed by atoms with Crippen LogP contribution in [-0.2, 0) is 4.79 Å². The molecule has 1 unspecified atom stereocenters. The molecule has 2 aromatic rings. The molecule has 0 radical (unpaired) electrons. The van der Waals surface area contributed by atoms with Gasteiger partial charge in [-0.15, -0.1) is 0 Å². The fraction of sp³-hybridized carbons (Fsp3) is 0.500. The molecule has 2 saturated heterocycles. The highest BCUT2D eigenvalue weighted by molar-refractivity contribution is 5.91. The molecule has 0 saturated carbocycles. The third kappa shape index (κ3) is 5.54. The number of piperazine rings is 1. The number of rotatable bonds is 6. The Hall–Kier alpha value is -2.64. The first-order valence-corrected chi connectivity index (χ1v) is 11.2. The average molecular weight is 425 g/mol. The van der Waals surface area contributed by atoms with Crippen LogP contribution in [0.3, 0.4) is 0 Å².